The van der Waals surface area contributed by atoms with E-state index in [0.717, 1.165) is 32.5 Å². The largest absolute Gasteiger partial charge is 0.299 e. The number of nitrogens with one attached hydrogen (secondary N) is 1. The Balaban J connectivity index is 1.87. The van der Waals surface area contributed by atoms with Crippen LogP contribution in [0.15, 0.2) is 30.3 Å². The Morgan fingerprint density at radius 3 is 2.40 bits per heavy atom. The monoisotopic (exact) mass is 297 g/mol. The number of piperidine rings is 1. The van der Waals surface area contributed by atoms with Gasteiger partial charge in [0.1, 0.15) is 0 Å². The van der Waals surface area contributed by atoms with Gasteiger partial charge in [0.2, 0.25) is 0 Å². The molecule has 20 heavy (non-hydrogen) atoms. The summed E-state index contributed by atoms with van der Waals surface area (Å²) >= 11 is 0. The third kappa shape index (κ3) is 3.79. The number of benzene rings is 1. The van der Waals surface area contributed by atoms with Crippen molar-refractivity contribution in [2.45, 2.75) is 25.4 Å². The van der Waals surface area contributed by atoms with Gasteiger partial charge >= 0.3 is 0 Å². The zero-order valence-corrected chi connectivity index (χ0v) is 12.9. The molecule has 112 valence electrons. The third-order valence-electron chi connectivity index (χ3n) is 3.96. The van der Waals surface area contributed by atoms with Crippen molar-refractivity contribution < 1.29 is 8.42 Å². The Bertz CT molecular complexity index is 510. The third-order valence-corrected chi connectivity index (χ3v) is 5.53. The Morgan fingerprint density at radius 2 is 1.85 bits per heavy atom. The van der Waals surface area contributed by atoms with Crippen LogP contribution in [0.5, 0.6) is 0 Å². The van der Waals surface area contributed by atoms with Crippen LogP contribution in [0.3, 0.4) is 0 Å². The molecule has 0 atom stereocenters. The summed E-state index contributed by atoms with van der Waals surface area (Å²) in [5.41, 5.74) is 1.31. The van der Waals surface area contributed by atoms with Crippen LogP contribution in [0.1, 0.15) is 18.4 Å². The molecule has 0 bridgehead atoms. The number of rotatable bonds is 5. The van der Waals surface area contributed by atoms with Crippen molar-refractivity contribution in [3.8, 4) is 0 Å². The standard InChI is InChI=1S/C14H23N3O2S/c1-15-20(18,19)16(2)14-8-10-17(11-9-14)12-13-6-4-3-5-7-13/h3-7,14-15H,8-12H2,1-2H3. The second kappa shape index (κ2) is 6.67. The molecule has 0 radical (unpaired) electrons. The van der Waals surface area contributed by atoms with E-state index in [4.69, 9.17) is 0 Å². The summed E-state index contributed by atoms with van der Waals surface area (Å²) in [5.74, 6) is 0. The molecular weight excluding hydrogens is 274 g/mol. The molecule has 5 nitrogen and oxygen atoms in total. The van der Waals surface area contributed by atoms with E-state index in [9.17, 15) is 8.42 Å². The van der Waals surface area contributed by atoms with E-state index >= 15 is 0 Å². The van der Waals surface area contributed by atoms with Gasteiger partial charge in [-0.25, -0.2) is 4.72 Å². The van der Waals surface area contributed by atoms with Crippen LogP contribution in [-0.2, 0) is 16.8 Å². The molecule has 6 heteroatoms. The van der Waals surface area contributed by atoms with Gasteiger partial charge in [-0.15, -0.1) is 0 Å². The maximum atomic E-state index is 11.8. The average Bonchev–Trinajstić information content (AvgIpc) is 2.48. The molecular formula is C14H23N3O2S. The molecule has 1 heterocycles. The van der Waals surface area contributed by atoms with E-state index in [0.29, 0.717) is 0 Å². The predicted molar refractivity (Wildman–Crippen MR) is 80.5 cm³/mol. The molecule has 0 amide bonds. The topological polar surface area (TPSA) is 52.7 Å². The van der Waals surface area contributed by atoms with E-state index in [1.165, 1.54) is 16.9 Å². The summed E-state index contributed by atoms with van der Waals surface area (Å²) in [5, 5.41) is 0. The summed E-state index contributed by atoms with van der Waals surface area (Å²) < 4.78 is 27.4. The van der Waals surface area contributed by atoms with Crippen LogP contribution in [0.25, 0.3) is 0 Å². The highest BCUT2D eigenvalue weighted by molar-refractivity contribution is 7.87. The van der Waals surface area contributed by atoms with Crippen molar-refractivity contribution in [1.29, 1.82) is 0 Å². The highest BCUT2D eigenvalue weighted by Gasteiger charge is 2.28. The zero-order valence-electron chi connectivity index (χ0n) is 12.1. The Morgan fingerprint density at radius 1 is 1.25 bits per heavy atom. The number of nitrogens with zero attached hydrogens (tertiary/aromatic N) is 2. The summed E-state index contributed by atoms with van der Waals surface area (Å²) in [6.45, 7) is 2.81. The van der Waals surface area contributed by atoms with Crippen LogP contribution in [0.4, 0.5) is 0 Å². The summed E-state index contributed by atoms with van der Waals surface area (Å²) in [6.07, 6.45) is 1.76. The fourth-order valence-electron chi connectivity index (χ4n) is 2.62. The fourth-order valence-corrected chi connectivity index (χ4v) is 3.51. The lowest BCUT2D eigenvalue weighted by molar-refractivity contribution is 0.163. The van der Waals surface area contributed by atoms with Crippen LogP contribution >= 0.6 is 0 Å². The minimum Gasteiger partial charge on any atom is -0.299 e. The normalized spacial score (nSPS) is 18.6. The van der Waals surface area contributed by atoms with Crippen molar-refractivity contribution in [3.05, 3.63) is 35.9 Å². The first-order valence-electron chi connectivity index (χ1n) is 6.95. The summed E-state index contributed by atoms with van der Waals surface area (Å²) in [7, 11) is -0.199. The summed E-state index contributed by atoms with van der Waals surface area (Å²) in [4.78, 5) is 2.38. The second-order valence-electron chi connectivity index (χ2n) is 5.22. The molecule has 0 spiro atoms. The lowest BCUT2D eigenvalue weighted by Crippen LogP contribution is -2.48. The predicted octanol–water partition coefficient (Wildman–Crippen LogP) is 1.05. The Labute approximate surface area is 121 Å². The number of hydrogen-bond donors (Lipinski definition) is 1. The molecule has 1 aromatic carbocycles. The number of hydrogen-bond acceptors (Lipinski definition) is 3. The minimum absolute atomic E-state index is 0.0967. The van der Waals surface area contributed by atoms with Crippen molar-refractivity contribution in [1.82, 2.24) is 13.9 Å². The molecule has 0 unspecified atom stereocenters. The van der Waals surface area contributed by atoms with E-state index < -0.39 is 10.2 Å². The fraction of sp³-hybridized carbons (Fsp3) is 0.571. The van der Waals surface area contributed by atoms with Crippen molar-refractivity contribution in [2.24, 2.45) is 0 Å². The SMILES string of the molecule is CNS(=O)(=O)N(C)C1CCN(Cc2ccccc2)CC1. The highest BCUT2D eigenvalue weighted by Crippen LogP contribution is 2.18. The van der Waals surface area contributed by atoms with Gasteiger partial charge in [0.15, 0.2) is 0 Å². The van der Waals surface area contributed by atoms with Gasteiger partial charge < -0.3 is 0 Å². The first-order valence-corrected chi connectivity index (χ1v) is 8.39. The van der Waals surface area contributed by atoms with Gasteiger partial charge in [0.25, 0.3) is 10.2 Å². The van der Waals surface area contributed by atoms with Gasteiger partial charge in [-0.05, 0) is 18.4 Å². The van der Waals surface area contributed by atoms with Gasteiger partial charge in [-0.1, -0.05) is 30.3 Å². The maximum absolute atomic E-state index is 11.8. The van der Waals surface area contributed by atoms with E-state index in [2.05, 4.69) is 33.9 Å². The van der Waals surface area contributed by atoms with Gasteiger partial charge in [-0.3, -0.25) is 4.90 Å². The molecule has 0 aliphatic carbocycles. The zero-order chi connectivity index (χ0) is 14.6. The van der Waals surface area contributed by atoms with Gasteiger partial charge in [-0.2, -0.15) is 12.7 Å². The van der Waals surface area contributed by atoms with Crippen molar-refractivity contribution >= 4 is 10.2 Å². The lowest BCUT2D eigenvalue weighted by atomic mass is 10.0. The average molecular weight is 297 g/mol. The second-order valence-corrected chi connectivity index (χ2v) is 7.15. The Kier molecular flexibility index (Phi) is 5.15. The van der Waals surface area contributed by atoms with Crippen LogP contribution in [0.2, 0.25) is 0 Å². The quantitative estimate of drug-likeness (QED) is 0.884. The molecule has 0 saturated carbocycles. The first kappa shape index (κ1) is 15.4. The molecule has 1 saturated heterocycles. The molecule has 1 aromatic rings. The van der Waals surface area contributed by atoms with Gasteiger partial charge in [0.05, 0.1) is 0 Å². The van der Waals surface area contributed by atoms with E-state index in [1.807, 2.05) is 6.07 Å². The summed E-state index contributed by atoms with van der Waals surface area (Å²) in [6, 6.07) is 10.5. The highest BCUT2D eigenvalue weighted by atomic mass is 32.2. The van der Waals surface area contributed by atoms with Crippen LogP contribution in [0, 0.1) is 0 Å². The van der Waals surface area contributed by atoms with E-state index in [1.54, 1.807) is 7.05 Å². The molecule has 1 N–H and O–H groups in total. The van der Waals surface area contributed by atoms with Crippen LogP contribution < -0.4 is 4.72 Å². The maximum Gasteiger partial charge on any atom is 0.279 e. The van der Waals surface area contributed by atoms with Gasteiger partial charge in [0, 0.05) is 39.8 Å². The molecule has 2 rings (SSSR count). The molecule has 1 aliphatic rings. The molecule has 0 aromatic heterocycles. The molecule has 1 fully saturated rings. The number of likely N-dealkylation sites (tertiary alicyclic amines) is 1. The first-order chi connectivity index (χ1) is 9.53. The van der Waals surface area contributed by atoms with Crippen molar-refractivity contribution in [2.75, 3.05) is 27.2 Å². The van der Waals surface area contributed by atoms with Crippen LogP contribution in [-0.4, -0.2) is 50.8 Å². The van der Waals surface area contributed by atoms with Crippen molar-refractivity contribution in [3.63, 3.8) is 0 Å². The smallest absolute Gasteiger partial charge is 0.279 e. The molecule has 1 aliphatic heterocycles. The van der Waals surface area contributed by atoms with E-state index in [-0.39, 0.29) is 6.04 Å². The minimum atomic E-state index is -3.31. The lowest BCUT2D eigenvalue weighted by Gasteiger charge is -2.35. The Hall–Kier alpha value is -0.950.